The first-order valence-electron chi connectivity index (χ1n) is 7.19. The van der Waals surface area contributed by atoms with Crippen LogP contribution in [0.4, 0.5) is 0 Å². The van der Waals surface area contributed by atoms with E-state index in [1.165, 1.54) is 30.2 Å². The fourth-order valence-electron chi connectivity index (χ4n) is 2.52. The summed E-state index contributed by atoms with van der Waals surface area (Å²) < 4.78 is 0. The number of nitrogens with zero attached hydrogens (tertiary/aromatic N) is 2. The summed E-state index contributed by atoms with van der Waals surface area (Å²) in [5, 5.41) is 8.34. The van der Waals surface area contributed by atoms with Gasteiger partial charge in [0.25, 0.3) is 0 Å². The van der Waals surface area contributed by atoms with Gasteiger partial charge in [-0.05, 0) is 13.0 Å². The topological polar surface area (TPSA) is 28.2 Å². The van der Waals surface area contributed by atoms with E-state index in [0.717, 1.165) is 30.1 Å². The monoisotopic (exact) mass is 299 g/mol. The molecule has 0 spiro atoms. The molecule has 2 rings (SSSR count). The average molecular weight is 300 g/mol. The van der Waals surface area contributed by atoms with Crippen LogP contribution in [0, 0.1) is 0 Å². The van der Waals surface area contributed by atoms with Crippen LogP contribution in [-0.2, 0) is 13.1 Å². The molecule has 0 radical (unpaired) electrons. The summed E-state index contributed by atoms with van der Waals surface area (Å²) in [4.78, 5) is 7.28. The Kier molecular flexibility index (Phi) is 6.13. The van der Waals surface area contributed by atoms with Gasteiger partial charge in [-0.25, -0.2) is 4.98 Å². The highest BCUT2D eigenvalue weighted by Crippen LogP contribution is 2.25. The molecule has 1 N–H and O–H groups in total. The highest BCUT2D eigenvalue weighted by Gasteiger charge is 2.22. The van der Waals surface area contributed by atoms with Gasteiger partial charge >= 0.3 is 0 Å². The van der Waals surface area contributed by atoms with E-state index >= 15 is 0 Å². The molecule has 2 atom stereocenters. The van der Waals surface area contributed by atoms with E-state index in [9.17, 15) is 0 Å². The van der Waals surface area contributed by atoms with E-state index < -0.39 is 0 Å². The summed E-state index contributed by atoms with van der Waals surface area (Å²) in [5.74, 6) is 0. The van der Waals surface area contributed by atoms with Crippen molar-refractivity contribution in [2.24, 2.45) is 0 Å². The van der Waals surface area contributed by atoms with Crippen molar-refractivity contribution in [3.63, 3.8) is 0 Å². The third-order valence-corrected chi connectivity index (χ3v) is 5.31. The van der Waals surface area contributed by atoms with Crippen molar-refractivity contribution in [2.45, 2.75) is 50.8 Å². The molecule has 1 aromatic heterocycles. The largest absolute Gasteiger partial charge is 0.310 e. The lowest BCUT2D eigenvalue weighted by Gasteiger charge is -2.34. The van der Waals surface area contributed by atoms with Crippen molar-refractivity contribution in [1.29, 1.82) is 0 Å². The standard InChI is InChI=1S/C14H25N3S2/c1-4-5-15-6-14-16-13(10-18-14)9-17-7-11(2)19-12(3)8-17/h10-12,15H,4-9H2,1-3H3. The minimum absolute atomic E-state index is 0.744. The Hall–Kier alpha value is -0.100. The van der Waals surface area contributed by atoms with Gasteiger partial charge in [0.05, 0.1) is 5.69 Å². The number of hydrogen-bond acceptors (Lipinski definition) is 5. The Morgan fingerprint density at radius 1 is 1.37 bits per heavy atom. The van der Waals surface area contributed by atoms with E-state index in [-0.39, 0.29) is 0 Å². The Bertz CT molecular complexity index is 371. The second-order valence-electron chi connectivity index (χ2n) is 5.36. The number of rotatable bonds is 6. The molecule has 0 aliphatic carbocycles. The van der Waals surface area contributed by atoms with Crippen LogP contribution in [0.3, 0.4) is 0 Å². The third-order valence-electron chi connectivity index (χ3n) is 3.18. The quantitative estimate of drug-likeness (QED) is 0.818. The number of thioether (sulfide) groups is 1. The maximum atomic E-state index is 4.73. The summed E-state index contributed by atoms with van der Waals surface area (Å²) in [6.45, 7) is 12.2. The Labute approximate surface area is 125 Å². The smallest absolute Gasteiger partial charge is 0.107 e. The van der Waals surface area contributed by atoms with Crippen molar-refractivity contribution in [3.05, 3.63) is 16.1 Å². The second kappa shape index (κ2) is 7.62. The zero-order valence-corrected chi connectivity index (χ0v) is 13.8. The maximum absolute atomic E-state index is 4.73. The molecule has 1 aliphatic heterocycles. The van der Waals surface area contributed by atoms with E-state index in [4.69, 9.17) is 4.98 Å². The van der Waals surface area contributed by atoms with Crippen molar-refractivity contribution in [3.8, 4) is 0 Å². The average Bonchev–Trinajstić information content (AvgIpc) is 2.76. The van der Waals surface area contributed by atoms with Crippen LogP contribution in [0.5, 0.6) is 0 Å². The first-order valence-corrected chi connectivity index (χ1v) is 9.01. The van der Waals surface area contributed by atoms with Crippen LogP contribution in [0.15, 0.2) is 5.38 Å². The highest BCUT2D eigenvalue weighted by molar-refractivity contribution is 8.00. The lowest BCUT2D eigenvalue weighted by Crippen LogP contribution is -2.39. The van der Waals surface area contributed by atoms with Crippen LogP contribution >= 0.6 is 23.1 Å². The van der Waals surface area contributed by atoms with Gasteiger partial charge in [0.15, 0.2) is 0 Å². The second-order valence-corrected chi connectivity index (χ2v) is 8.19. The molecule has 2 unspecified atom stereocenters. The highest BCUT2D eigenvalue weighted by atomic mass is 32.2. The SMILES string of the molecule is CCCNCc1nc(CN2CC(C)SC(C)C2)cs1. The van der Waals surface area contributed by atoms with E-state index in [0.29, 0.717) is 0 Å². The van der Waals surface area contributed by atoms with Crippen molar-refractivity contribution in [1.82, 2.24) is 15.2 Å². The van der Waals surface area contributed by atoms with Crippen LogP contribution in [0.25, 0.3) is 0 Å². The summed E-state index contributed by atoms with van der Waals surface area (Å²) in [5.41, 5.74) is 1.24. The predicted octanol–water partition coefficient (Wildman–Crippen LogP) is 2.97. The van der Waals surface area contributed by atoms with E-state index in [2.05, 4.69) is 48.1 Å². The van der Waals surface area contributed by atoms with Gasteiger partial charge in [-0.15, -0.1) is 11.3 Å². The fraction of sp³-hybridized carbons (Fsp3) is 0.786. The Morgan fingerprint density at radius 2 is 2.11 bits per heavy atom. The van der Waals surface area contributed by atoms with Crippen molar-refractivity contribution >= 4 is 23.1 Å². The summed E-state index contributed by atoms with van der Waals surface area (Å²) >= 11 is 3.89. The minimum Gasteiger partial charge on any atom is -0.310 e. The Morgan fingerprint density at radius 3 is 2.79 bits per heavy atom. The first kappa shape index (κ1) is 15.3. The number of thiazole rings is 1. The van der Waals surface area contributed by atoms with Crippen molar-refractivity contribution in [2.75, 3.05) is 19.6 Å². The molecule has 1 fully saturated rings. The van der Waals surface area contributed by atoms with Crippen LogP contribution in [0.2, 0.25) is 0 Å². The van der Waals surface area contributed by atoms with Gasteiger partial charge in [0.1, 0.15) is 5.01 Å². The molecule has 108 valence electrons. The van der Waals surface area contributed by atoms with E-state index in [1.54, 1.807) is 11.3 Å². The molecule has 2 heterocycles. The van der Waals surface area contributed by atoms with Gasteiger partial charge in [-0.1, -0.05) is 20.8 Å². The normalized spacial score (nSPS) is 24.8. The molecular weight excluding hydrogens is 274 g/mol. The molecule has 1 aliphatic rings. The molecule has 0 saturated carbocycles. The lowest BCUT2D eigenvalue weighted by atomic mass is 10.3. The first-order chi connectivity index (χ1) is 9.17. The number of aromatic nitrogens is 1. The lowest BCUT2D eigenvalue weighted by molar-refractivity contribution is 0.260. The van der Waals surface area contributed by atoms with Crippen LogP contribution in [-0.4, -0.2) is 40.0 Å². The summed E-state index contributed by atoms with van der Waals surface area (Å²) in [6.07, 6.45) is 1.18. The zero-order valence-electron chi connectivity index (χ0n) is 12.2. The molecule has 1 aromatic rings. The van der Waals surface area contributed by atoms with Gasteiger partial charge in [-0.2, -0.15) is 11.8 Å². The zero-order chi connectivity index (χ0) is 13.7. The predicted molar refractivity (Wildman–Crippen MR) is 85.9 cm³/mol. The molecular formula is C14H25N3S2. The van der Waals surface area contributed by atoms with Gasteiger partial charge < -0.3 is 5.32 Å². The molecule has 0 aromatic carbocycles. The van der Waals surface area contributed by atoms with Crippen LogP contribution in [0.1, 0.15) is 37.9 Å². The summed E-state index contributed by atoms with van der Waals surface area (Å²) in [7, 11) is 0. The number of hydrogen-bond donors (Lipinski definition) is 1. The minimum atomic E-state index is 0.744. The fourth-order valence-corrected chi connectivity index (χ4v) is 4.66. The van der Waals surface area contributed by atoms with E-state index in [1.807, 2.05) is 0 Å². The van der Waals surface area contributed by atoms with Crippen molar-refractivity contribution < 1.29 is 0 Å². The Balaban J connectivity index is 1.82. The maximum Gasteiger partial charge on any atom is 0.107 e. The molecule has 1 saturated heterocycles. The molecule has 0 amide bonds. The third kappa shape index (κ3) is 5.06. The molecule has 19 heavy (non-hydrogen) atoms. The van der Waals surface area contributed by atoms with Crippen LogP contribution < -0.4 is 5.32 Å². The van der Waals surface area contributed by atoms with Gasteiger partial charge in [0, 0.05) is 42.1 Å². The van der Waals surface area contributed by atoms with Gasteiger partial charge in [0.2, 0.25) is 0 Å². The number of nitrogens with one attached hydrogen (secondary N) is 1. The molecule has 3 nitrogen and oxygen atoms in total. The molecule has 5 heteroatoms. The molecule has 0 bridgehead atoms. The summed E-state index contributed by atoms with van der Waals surface area (Å²) in [6, 6.07) is 0. The van der Waals surface area contributed by atoms with Gasteiger partial charge in [-0.3, -0.25) is 4.90 Å².